The van der Waals surface area contributed by atoms with Crippen LogP contribution >= 0.6 is 93.5 Å². The number of aliphatic imine (C=N–C) groups is 1. The number of rotatable bonds is 53. The zero-order valence-corrected chi connectivity index (χ0v) is 89.7. The van der Waals surface area contributed by atoms with Crippen LogP contribution in [0.2, 0.25) is 20.1 Å². The van der Waals surface area contributed by atoms with E-state index in [1.807, 2.05) is 11.6 Å². The largest absolute Gasteiger partial charge is 2.00 e. The molecule has 715 valence electrons. The van der Waals surface area contributed by atoms with Crippen molar-refractivity contribution >= 4 is 161 Å². The third-order valence-corrected chi connectivity index (χ3v) is 28.4. The summed E-state index contributed by atoms with van der Waals surface area (Å²) in [4.78, 5) is 37.5. The summed E-state index contributed by atoms with van der Waals surface area (Å²) in [6, 6.07) is 0. The Bertz CT molecular complexity index is 5070. The molecule has 29 heteroatoms. The molecule has 5 heterocycles. The monoisotopic (exact) mass is 1960 g/mol. The number of ether oxygens (including phenoxy) is 8. The molecule has 0 saturated heterocycles. The Hall–Kier alpha value is -4.80. The second-order valence-corrected chi connectivity index (χ2v) is 42.2. The standard InChI is InChI=1S/C91H131Cl4N11O9S4.2C4H10.V.2H/c1-24-103(25-2)37-48-117-82-71(93)75(108-40-29-53(7)8)64-65(79(82)112-44-33-57(15)16)86-97-60-50-61(63-62(60)74(107-39-28-52(5)6)70(92)85(119-51-102(22)23)78(63)111-43-32-56(13)14)98-88-66-69(81(114-46-35-59(19)20)84(118-49-38-104(26-3)27-4)73(95)76(66)109-41-30-54(9)10)91-101-90-67-68(89(100-87(64)99-86)106(90)115-105(88)91)80(113-45-34-58(17)18)83(116-47-36-96-21)72(94)77(67)110-42-31-55(11)12;2*1-3-4-2;;;/h52-59,96H,22,24-49,51H2,1-21,23H3;2*3-4H2,1-2H3;;;/q;;;+2;2*-1/p+1/i;;;;2*1+2. The summed E-state index contributed by atoms with van der Waals surface area (Å²) >= 11 is 39.2. The molecule has 0 atom stereocenters. The Morgan fingerprint density at radius 1 is 0.453 bits per heavy atom. The van der Waals surface area contributed by atoms with E-state index in [-0.39, 0.29) is 91.4 Å². The summed E-state index contributed by atoms with van der Waals surface area (Å²) in [7, 11) is 4.00. The third-order valence-electron chi connectivity index (χ3n) is 22.0. The van der Waals surface area contributed by atoms with Crippen molar-refractivity contribution in [2.24, 2.45) is 62.3 Å². The van der Waals surface area contributed by atoms with Gasteiger partial charge in [0.25, 0.3) is 11.5 Å². The van der Waals surface area contributed by atoms with Gasteiger partial charge in [-0.1, -0.05) is 265 Å². The summed E-state index contributed by atoms with van der Waals surface area (Å²) in [6.07, 6.45) is 14.8. The van der Waals surface area contributed by atoms with Crippen LogP contribution in [0.3, 0.4) is 0 Å². The molecule has 0 amide bonds. The molecule has 10 rings (SSSR count). The molecular formula is C99H154Cl4N11O9S4V+. The average molecular weight is 1970 g/mol. The van der Waals surface area contributed by atoms with Crippen LogP contribution < -0.4 is 63.9 Å². The van der Waals surface area contributed by atoms with Crippen LogP contribution in [-0.2, 0) is 18.6 Å². The first kappa shape index (κ1) is 110. The van der Waals surface area contributed by atoms with Crippen molar-refractivity contribution < 1.29 is 78.6 Å². The first-order valence-corrected chi connectivity index (χ1v) is 52.7. The van der Waals surface area contributed by atoms with Gasteiger partial charge in [-0.3, -0.25) is 0 Å². The van der Waals surface area contributed by atoms with Crippen molar-refractivity contribution in [2.75, 3.05) is 136 Å². The van der Waals surface area contributed by atoms with Gasteiger partial charge >= 0.3 is 18.6 Å². The van der Waals surface area contributed by atoms with E-state index in [0.29, 0.717) is 267 Å². The summed E-state index contributed by atoms with van der Waals surface area (Å²) in [5.41, 5.74) is 2.31. The molecular weight excluding hydrogens is 1810 g/mol. The SMILES string of the molecule is C=[N+](C)CSc1c(Cl)c(OCCC(C)C)c2c(c1OCCC(C)C)C1=Nc3c4c(OCCC(C)C)c(Cl)c(SCCN(CC)CC)c(OCCC(C)C)c4c4nc5c6c(OCCC(C)C)c(Cl)c(SCC[NH2+]C)c(OCCC(C)C)c6c([n+]-5on34)N=c3[n-]c(c4c(OCCC(C)C)c(SCCN(CC)CC)c(Cl)c(OCCC(C)C)c34)=NC2=[C-]1.CCCC.CCCC.[3H-].[3H-].[V+2]. The maximum Gasteiger partial charge on any atom is 2.00 e. The molecule has 4 aromatic carbocycles. The molecule has 0 unspecified atom stereocenters. The quantitative estimate of drug-likeness (QED) is 0.00947. The summed E-state index contributed by atoms with van der Waals surface area (Å²) in [5, 5.41) is 6.57. The number of quaternary nitrogens is 1. The van der Waals surface area contributed by atoms with E-state index in [2.05, 4.69) is 201 Å². The Balaban J connectivity index is 0.00000261. The zero-order chi connectivity index (χ0) is 93.0. The summed E-state index contributed by atoms with van der Waals surface area (Å²) in [5.74, 6) is 8.74. The fraction of sp³-hybridized carbons (Fsp3) is 0.657. The van der Waals surface area contributed by atoms with Crippen LogP contribution in [0, 0.1) is 53.4 Å². The number of allylic oxidation sites excluding steroid dienone is 1. The average Bonchev–Trinajstić information content (AvgIpc) is 1.53. The molecule has 0 saturated carbocycles. The number of nitrogens with two attached hydrogens (primary N) is 1. The molecule has 1 radical (unpaired) electrons. The van der Waals surface area contributed by atoms with Crippen molar-refractivity contribution in [3.8, 4) is 51.8 Å². The predicted octanol–water partition coefficient (Wildman–Crippen LogP) is 25.3. The minimum Gasteiger partial charge on any atom is -1.00 e. The van der Waals surface area contributed by atoms with Gasteiger partial charge in [-0.05, 0) is 135 Å². The number of benzene rings is 4. The molecule has 6 aromatic rings. The van der Waals surface area contributed by atoms with Crippen molar-refractivity contribution in [1.82, 2.24) is 24.3 Å². The maximum absolute atomic E-state index is 8.27. The molecule has 20 nitrogen and oxygen atoms in total. The molecule has 3 aliphatic heterocycles. The summed E-state index contributed by atoms with van der Waals surface area (Å²) < 4.78 is 72.0. The second-order valence-electron chi connectivity index (χ2n) is 36.4. The van der Waals surface area contributed by atoms with Crippen molar-refractivity contribution in [2.45, 2.75) is 263 Å². The number of hydrogen-bond acceptors (Lipinski definition) is 19. The number of unbranched alkanes of at least 4 members (excludes halogenated alkanes) is 2. The Kier molecular flexibility index (Phi) is 47.1. The number of hydrogen-bond donors (Lipinski definition) is 1. The van der Waals surface area contributed by atoms with Crippen LogP contribution in [0.25, 0.3) is 49.5 Å². The van der Waals surface area contributed by atoms with Gasteiger partial charge in [0.15, 0.2) is 23.2 Å². The van der Waals surface area contributed by atoms with Crippen LogP contribution in [0.1, 0.15) is 257 Å². The number of halogens is 4. The predicted molar refractivity (Wildman–Crippen MR) is 541 cm³/mol. The second kappa shape index (κ2) is 54.7. The number of thioether (sulfide) groups is 4. The third kappa shape index (κ3) is 28.7. The van der Waals surface area contributed by atoms with Crippen LogP contribution in [0.15, 0.2) is 39.2 Å². The number of nitrogens with zero attached hydrogens (tertiary/aromatic N) is 10. The Labute approximate surface area is 818 Å². The van der Waals surface area contributed by atoms with E-state index in [1.54, 1.807) is 44.6 Å². The number of aromatic nitrogens is 4. The van der Waals surface area contributed by atoms with Gasteiger partial charge in [0.2, 0.25) is 5.82 Å². The van der Waals surface area contributed by atoms with Crippen LogP contribution in [0.5, 0.6) is 46.0 Å². The molecule has 0 spiro atoms. The van der Waals surface area contributed by atoms with Gasteiger partial charge in [-0.2, -0.15) is 4.63 Å². The molecule has 4 aliphatic rings. The van der Waals surface area contributed by atoms with Crippen molar-refractivity contribution in [1.29, 1.82) is 0 Å². The minimum absolute atomic E-state index is 0. The molecule has 6 bridgehead atoms. The van der Waals surface area contributed by atoms with E-state index in [1.165, 1.54) is 37.4 Å². The molecule has 2 N–H and O–H groups in total. The van der Waals surface area contributed by atoms with Crippen LogP contribution in [0.4, 0.5) is 11.6 Å². The normalized spacial score (nSPS) is 12.6. The Morgan fingerprint density at radius 2 is 0.805 bits per heavy atom. The van der Waals surface area contributed by atoms with E-state index in [0.717, 1.165) is 58.7 Å². The van der Waals surface area contributed by atoms with Crippen molar-refractivity contribution in [3.63, 3.8) is 0 Å². The summed E-state index contributed by atoms with van der Waals surface area (Å²) in [6.45, 7) is 65.2. The maximum atomic E-state index is 8.27. The first-order chi connectivity index (χ1) is 60.8. The van der Waals surface area contributed by atoms with Gasteiger partial charge in [0.1, 0.15) is 62.6 Å². The molecule has 128 heavy (non-hydrogen) atoms. The minimum atomic E-state index is 0. The van der Waals surface area contributed by atoms with Gasteiger partial charge in [-0.15, -0.1) is 52.6 Å². The van der Waals surface area contributed by atoms with Crippen molar-refractivity contribution in [3.05, 3.63) is 48.3 Å². The van der Waals surface area contributed by atoms with Gasteiger partial charge in [0, 0.05) is 52.1 Å². The smallest absolute Gasteiger partial charge is 1.00 e. The van der Waals surface area contributed by atoms with E-state index >= 15 is 0 Å². The number of fused-ring (bicyclic) bond motifs is 15. The first-order valence-electron chi connectivity index (χ1n) is 47.3. The Morgan fingerprint density at radius 3 is 1.21 bits per heavy atom. The van der Waals surface area contributed by atoms with Gasteiger partial charge < -0.3 is 70.8 Å². The molecule has 0 fully saturated rings. The fourth-order valence-corrected chi connectivity index (χ4v) is 19.3. The molecule has 2 aromatic heterocycles. The van der Waals surface area contributed by atoms with E-state index < -0.39 is 0 Å². The van der Waals surface area contributed by atoms with Gasteiger partial charge in [0.05, 0.1) is 113 Å². The van der Waals surface area contributed by atoms with E-state index in [9.17, 15) is 0 Å². The fourth-order valence-electron chi connectivity index (χ4n) is 13.7. The van der Waals surface area contributed by atoms with E-state index in [4.69, 9.17) is 114 Å². The van der Waals surface area contributed by atoms with Crippen LogP contribution in [-0.4, -0.2) is 172 Å². The molecule has 1 aliphatic carbocycles. The van der Waals surface area contributed by atoms with Gasteiger partial charge in [-0.25, -0.2) is 9.57 Å². The zero-order valence-electron chi connectivity index (χ0n) is 84.1. The topological polar surface area (TPSA) is 185 Å².